The Morgan fingerprint density at radius 1 is 1.09 bits per heavy atom. The highest BCUT2D eigenvalue weighted by Gasteiger charge is 2.33. The van der Waals surface area contributed by atoms with Gasteiger partial charge in [-0.25, -0.2) is 8.42 Å². The molecule has 35 heavy (non-hydrogen) atoms. The van der Waals surface area contributed by atoms with Gasteiger partial charge < -0.3 is 10.2 Å². The predicted molar refractivity (Wildman–Crippen MR) is 141 cm³/mol. The zero-order valence-corrected chi connectivity index (χ0v) is 22.1. The third kappa shape index (κ3) is 5.76. The summed E-state index contributed by atoms with van der Waals surface area (Å²) in [4.78, 5) is 0.0198. The lowest BCUT2D eigenvalue weighted by molar-refractivity contribution is 0.340. The highest BCUT2D eigenvalue weighted by molar-refractivity contribution is 7.89. The third-order valence-electron chi connectivity index (χ3n) is 5.68. The lowest BCUT2D eigenvalue weighted by Crippen LogP contribution is -2.34. The van der Waals surface area contributed by atoms with Gasteiger partial charge in [-0.2, -0.15) is 9.82 Å². The Labute approximate surface area is 220 Å². The van der Waals surface area contributed by atoms with Crippen molar-refractivity contribution < 1.29 is 13.2 Å². The first-order valence-corrected chi connectivity index (χ1v) is 13.6. The number of ether oxygens (including phenoxy) is 1. The summed E-state index contributed by atoms with van der Waals surface area (Å²) in [7, 11) is -4.03. The second-order valence-electron chi connectivity index (χ2n) is 8.10. The van der Waals surface area contributed by atoms with Crippen LogP contribution in [0, 0.1) is 6.92 Å². The van der Waals surface area contributed by atoms with Crippen LogP contribution in [0.5, 0.6) is 5.75 Å². The molecule has 1 aliphatic rings. The van der Waals surface area contributed by atoms with Gasteiger partial charge in [0.05, 0.1) is 29.4 Å². The maximum atomic E-state index is 13.5. The van der Waals surface area contributed by atoms with Crippen molar-refractivity contribution in [1.29, 1.82) is 0 Å². The Kier molecular flexibility index (Phi) is 7.93. The summed E-state index contributed by atoms with van der Waals surface area (Å²) in [5, 5.41) is 5.41. The molecule has 0 bridgehead atoms. The number of rotatable bonds is 8. The van der Waals surface area contributed by atoms with Crippen LogP contribution in [0.25, 0.3) is 0 Å². The van der Waals surface area contributed by atoms with Crippen molar-refractivity contribution in [3.05, 3.63) is 92.4 Å². The van der Waals surface area contributed by atoms with Crippen LogP contribution in [0.3, 0.4) is 0 Å². The first-order chi connectivity index (χ1) is 16.7. The van der Waals surface area contributed by atoms with Gasteiger partial charge in [-0.1, -0.05) is 65.1 Å². The summed E-state index contributed by atoms with van der Waals surface area (Å²) in [6, 6.07) is 16.6. The summed E-state index contributed by atoms with van der Waals surface area (Å²) in [5.74, 6) is 0.782. The van der Waals surface area contributed by atoms with E-state index in [1.807, 2.05) is 31.2 Å². The van der Waals surface area contributed by atoms with Crippen LogP contribution in [-0.2, 0) is 10.0 Å². The second kappa shape index (κ2) is 10.8. The normalized spacial score (nSPS) is 16.5. The molecule has 0 amide bonds. The maximum absolute atomic E-state index is 13.5. The van der Waals surface area contributed by atoms with Crippen LogP contribution >= 0.6 is 34.8 Å². The fourth-order valence-electron chi connectivity index (χ4n) is 4.02. The van der Waals surface area contributed by atoms with Gasteiger partial charge in [-0.3, -0.25) is 0 Å². The number of benzene rings is 3. The standard InChI is InChI=1S/C25H24Cl3N3O3S/c1-3-34-18-10-7-16(8-11-18)22-14-23(30-29-22)24(19-12-9-17(26)13-21(19)28)31-35(32,33)25-15(2)5-4-6-20(25)27/h4-13,22,24,29,31H,3,14H2,1-2H3. The summed E-state index contributed by atoms with van der Waals surface area (Å²) in [6.07, 6.45) is 0.460. The van der Waals surface area contributed by atoms with E-state index in [1.165, 1.54) is 0 Å². The Balaban J connectivity index is 1.67. The molecule has 6 nitrogen and oxygen atoms in total. The number of sulfonamides is 1. The smallest absolute Gasteiger partial charge is 0.243 e. The molecule has 10 heteroatoms. The lowest BCUT2D eigenvalue weighted by atomic mass is 9.96. The molecule has 2 N–H and O–H groups in total. The van der Waals surface area contributed by atoms with Crippen LogP contribution in [0.1, 0.15) is 42.1 Å². The largest absolute Gasteiger partial charge is 0.494 e. The molecular formula is C25H24Cl3N3O3S. The van der Waals surface area contributed by atoms with Crippen molar-refractivity contribution >= 4 is 50.5 Å². The zero-order chi connectivity index (χ0) is 25.2. The van der Waals surface area contributed by atoms with Gasteiger partial charge in [0.1, 0.15) is 10.6 Å². The Morgan fingerprint density at radius 3 is 2.49 bits per heavy atom. The fourth-order valence-corrected chi connectivity index (χ4v) is 6.57. The van der Waals surface area contributed by atoms with Crippen molar-refractivity contribution in [3.63, 3.8) is 0 Å². The molecule has 1 aliphatic heterocycles. The molecule has 184 valence electrons. The van der Waals surface area contributed by atoms with E-state index in [2.05, 4.69) is 15.2 Å². The van der Waals surface area contributed by atoms with Gasteiger partial charge in [0, 0.05) is 16.5 Å². The molecule has 0 aliphatic carbocycles. The SMILES string of the molecule is CCOc1ccc(C2CC(C(NS(=O)(=O)c3c(C)cccc3Cl)c3ccc(Cl)cc3Cl)=NN2)cc1. The first-order valence-electron chi connectivity index (χ1n) is 11.0. The van der Waals surface area contributed by atoms with E-state index < -0.39 is 16.1 Å². The summed E-state index contributed by atoms with van der Waals surface area (Å²) >= 11 is 18.9. The van der Waals surface area contributed by atoms with Gasteiger partial charge in [0.15, 0.2) is 0 Å². The average molecular weight is 553 g/mol. The zero-order valence-electron chi connectivity index (χ0n) is 19.1. The van der Waals surface area contributed by atoms with Gasteiger partial charge >= 0.3 is 0 Å². The van der Waals surface area contributed by atoms with Crippen LogP contribution in [0.4, 0.5) is 0 Å². The van der Waals surface area contributed by atoms with E-state index in [-0.39, 0.29) is 16.0 Å². The van der Waals surface area contributed by atoms with E-state index in [9.17, 15) is 8.42 Å². The molecule has 4 rings (SSSR count). The summed E-state index contributed by atoms with van der Waals surface area (Å²) < 4.78 is 35.3. The van der Waals surface area contributed by atoms with Crippen molar-refractivity contribution in [1.82, 2.24) is 10.1 Å². The van der Waals surface area contributed by atoms with E-state index in [0.717, 1.165) is 11.3 Å². The third-order valence-corrected chi connectivity index (χ3v) is 8.30. The Bertz CT molecular complexity index is 1340. The number of halogens is 3. The quantitative estimate of drug-likeness (QED) is 0.336. The van der Waals surface area contributed by atoms with Gasteiger partial charge in [-0.05, 0) is 60.9 Å². The van der Waals surface area contributed by atoms with Gasteiger partial charge in [-0.15, -0.1) is 0 Å². The topological polar surface area (TPSA) is 79.8 Å². The van der Waals surface area contributed by atoms with E-state index >= 15 is 0 Å². The van der Waals surface area contributed by atoms with Crippen LogP contribution < -0.4 is 14.9 Å². The predicted octanol–water partition coefficient (Wildman–Crippen LogP) is 6.46. The molecule has 0 aromatic heterocycles. The molecule has 1 heterocycles. The molecule has 0 radical (unpaired) electrons. The van der Waals surface area contributed by atoms with Crippen molar-refractivity contribution in [3.8, 4) is 5.75 Å². The number of hydrogen-bond donors (Lipinski definition) is 2. The molecule has 3 aromatic rings. The molecule has 0 spiro atoms. The second-order valence-corrected chi connectivity index (χ2v) is 11.0. The first kappa shape index (κ1) is 25.8. The minimum atomic E-state index is -4.03. The highest BCUT2D eigenvalue weighted by atomic mass is 35.5. The minimum Gasteiger partial charge on any atom is -0.494 e. The number of nitrogens with zero attached hydrogens (tertiary/aromatic N) is 1. The molecule has 2 atom stereocenters. The molecule has 0 saturated carbocycles. The number of nitrogens with one attached hydrogen (secondary N) is 2. The van der Waals surface area contributed by atoms with Crippen LogP contribution in [-0.4, -0.2) is 20.7 Å². The average Bonchev–Trinajstić information content (AvgIpc) is 3.28. The van der Waals surface area contributed by atoms with Crippen molar-refractivity contribution in [2.45, 2.75) is 37.2 Å². The van der Waals surface area contributed by atoms with Gasteiger partial charge in [0.25, 0.3) is 0 Å². The Hall–Kier alpha value is -2.29. The maximum Gasteiger partial charge on any atom is 0.243 e. The molecule has 0 fully saturated rings. The number of hydrogen-bond acceptors (Lipinski definition) is 5. The number of hydrazone groups is 1. The van der Waals surface area contributed by atoms with Crippen LogP contribution in [0.15, 0.2) is 70.7 Å². The minimum absolute atomic E-state index is 0.0198. The molecular weight excluding hydrogens is 529 g/mol. The highest BCUT2D eigenvalue weighted by Crippen LogP contribution is 2.35. The van der Waals surface area contributed by atoms with Crippen LogP contribution in [0.2, 0.25) is 15.1 Å². The molecule has 3 aromatic carbocycles. The van der Waals surface area contributed by atoms with E-state index in [4.69, 9.17) is 39.5 Å². The monoisotopic (exact) mass is 551 g/mol. The Morgan fingerprint density at radius 2 is 1.83 bits per heavy atom. The molecule has 0 saturated heterocycles. The number of aryl methyl sites for hydroxylation is 1. The van der Waals surface area contributed by atoms with Crippen molar-refractivity contribution in [2.24, 2.45) is 5.10 Å². The summed E-state index contributed by atoms with van der Waals surface area (Å²) in [5.41, 5.74) is 5.77. The van der Waals surface area contributed by atoms with Crippen molar-refractivity contribution in [2.75, 3.05) is 6.61 Å². The molecule has 2 unspecified atom stereocenters. The van der Waals surface area contributed by atoms with Gasteiger partial charge in [0.2, 0.25) is 10.0 Å². The summed E-state index contributed by atoms with van der Waals surface area (Å²) in [6.45, 7) is 4.21. The fraction of sp³-hybridized carbons (Fsp3) is 0.240. The lowest BCUT2D eigenvalue weighted by Gasteiger charge is -2.22. The van der Waals surface area contributed by atoms with E-state index in [0.29, 0.717) is 39.9 Å². The van der Waals surface area contributed by atoms with E-state index in [1.54, 1.807) is 43.3 Å².